The Labute approximate surface area is 107 Å². The largest absolute Gasteiger partial charge is 0.398 e. The molecule has 0 spiro atoms. The van der Waals surface area contributed by atoms with Crippen molar-refractivity contribution in [2.75, 3.05) is 31.4 Å². The molecular formula is C14H19N3O. The lowest BCUT2D eigenvalue weighted by Crippen LogP contribution is -2.32. The van der Waals surface area contributed by atoms with Crippen molar-refractivity contribution in [3.05, 3.63) is 30.5 Å². The van der Waals surface area contributed by atoms with Gasteiger partial charge in [-0.3, -0.25) is 4.98 Å². The molecule has 2 N–H and O–H groups in total. The maximum absolute atomic E-state index is 5.98. The van der Waals surface area contributed by atoms with E-state index in [1.54, 1.807) is 13.3 Å². The van der Waals surface area contributed by atoms with E-state index in [-0.39, 0.29) is 6.04 Å². The minimum absolute atomic E-state index is 0.281. The fourth-order valence-corrected chi connectivity index (χ4v) is 2.05. The molecule has 0 bridgehead atoms. The Balaban J connectivity index is 2.48. The number of methoxy groups -OCH3 is 1. The number of benzene rings is 1. The SMILES string of the molecule is COCC(C)N(C)c1ccc(N)c2cccnc12. The van der Waals surface area contributed by atoms with Gasteiger partial charge in [0, 0.05) is 37.5 Å². The molecule has 4 nitrogen and oxygen atoms in total. The normalized spacial score (nSPS) is 12.6. The van der Waals surface area contributed by atoms with Crippen LogP contribution in [0.3, 0.4) is 0 Å². The lowest BCUT2D eigenvalue weighted by Gasteiger charge is -2.27. The van der Waals surface area contributed by atoms with Crippen LogP contribution >= 0.6 is 0 Å². The van der Waals surface area contributed by atoms with Crippen LogP contribution in [0.4, 0.5) is 11.4 Å². The summed E-state index contributed by atoms with van der Waals surface area (Å²) in [6.07, 6.45) is 1.79. The molecule has 96 valence electrons. The fourth-order valence-electron chi connectivity index (χ4n) is 2.05. The summed E-state index contributed by atoms with van der Waals surface area (Å²) in [4.78, 5) is 6.61. The van der Waals surface area contributed by atoms with Gasteiger partial charge >= 0.3 is 0 Å². The predicted octanol–water partition coefficient (Wildman–Crippen LogP) is 2.29. The molecule has 18 heavy (non-hydrogen) atoms. The Kier molecular flexibility index (Phi) is 3.67. The summed E-state index contributed by atoms with van der Waals surface area (Å²) in [6, 6.07) is 8.12. The fraction of sp³-hybridized carbons (Fsp3) is 0.357. The number of hydrogen-bond donors (Lipinski definition) is 1. The average molecular weight is 245 g/mol. The van der Waals surface area contributed by atoms with Gasteiger partial charge in [-0.1, -0.05) is 0 Å². The first-order chi connectivity index (χ1) is 8.65. The summed E-state index contributed by atoms with van der Waals surface area (Å²) in [5, 5.41) is 0.992. The van der Waals surface area contributed by atoms with Crippen molar-refractivity contribution in [3.63, 3.8) is 0 Å². The van der Waals surface area contributed by atoms with Crippen molar-refractivity contribution in [2.24, 2.45) is 0 Å². The molecule has 1 aromatic heterocycles. The van der Waals surface area contributed by atoms with Gasteiger partial charge in [-0.15, -0.1) is 0 Å². The Morgan fingerprint density at radius 1 is 1.39 bits per heavy atom. The lowest BCUT2D eigenvalue weighted by molar-refractivity contribution is 0.183. The van der Waals surface area contributed by atoms with Gasteiger partial charge in [-0.25, -0.2) is 0 Å². The molecule has 0 amide bonds. The molecule has 0 fully saturated rings. The number of aromatic nitrogens is 1. The maximum atomic E-state index is 5.98. The number of likely N-dealkylation sites (N-methyl/N-ethyl adjacent to an activating group) is 1. The molecule has 2 aromatic rings. The highest BCUT2D eigenvalue weighted by molar-refractivity contribution is 5.98. The maximum Gasteiger partial charge on any atom is 0.0955 e. The highest BCUT2D eigenvalue weighted by atomic mass is 16.5. The van der Waals surface area contributed by atoms with Crippen molar-refractivity contribution >= 4 is 22.3 Å². The molecule has 0 radical (unpaired) electrons. The molecule has 0 aliphatic rings. The highest BCUT2D eigenvalue weighted by Crippen LogP contribution is 2.29. The van der Waals surface area contributed by atoms with E-state index < -0.39 is 0 Å². The molecule has 0 saturated carbocycles. The minimum atomic E-state index is 0.281. The van der Waals surface area contributed by atoms with Crippen LogP contribution in [0.15, 0.2) is 30.5 Å². The van der Waals surface area contributed by atoms with Crippen LogP contribution in [0.1, 0.15) is 6.92 Å². The van der Waals surface area contributed by atoms with Crippen molar-refractivity contribution in [1.29, 1.82) is 0 Å². The van der Waals surface area contributed by atoms with Gasteiger partial charge in [0.1, 0.15) is 0 Å². The number of nitrogens with zero attached hydrogens (tertiary/aromatic N) is 2. The van der Waals surface area contributed by atoms with Gasteiger partial charge in [-0.05, 0) is 31.2 Å². The third kappa shape index (κ3) is 2.24. The molecule has 2 rings (SSSR count). The van der Waals surface area contributed by atoms with E-state index in [1.807, 2.05) is 31.3 Å². The first kappa shape index (κ1) is 12.6. The summed E-state index contributed by atoms with van der Waals surface area (Å²) >= 11 is 0. The Morgan fingerprint density at radius 3 is 2.89 bits per heavy atom. The quantitative estimate of drug-likeness (QED) is 0.840. The van der Waals surface area contributed by atoms with Crippen LogP contribution < -0.4 is 10.6 Å². The zero-order valence-corrected chi connectivity index (χ0v) is 11.1. The van der Waals surface area contributed by atoms with Crippen molar-refractivity contribution < 1.29 is 4.74 Å². The predicted molar refractivity (Wildman–Crippen MR) is 75.9 cm³/mol. The standard InChI is InChI=1S/C14H19N3O/c1-10(9-18-3)17(2)13-7-6-12(15)11-5-4-8-16-14(11)13/h4-8,10H,9,15H2,1-3H3. The van der Waals surface area contributed by atoms with E-state index in [2.05, 4.69) is 16.8 Å². The number of anilines is 2. The minimum Gasteiger partial charge on any atom is -0.398 e. The van der Waals surface area contributed by atoms with E-state index in [9.17, 15) is 0 Å². The van der Waals surface area contributed by atoms with Crippen molar-refractivity contribution in [3.8, 4) is 0 Å². The molecule has 1 atom stereocenters. The third-order valence-corrected chi connectivity index (χ3v) is 3.23. The number of ether oxygens (including phenoxy) is 1. The zero-order valence-electron chi connectivity index (χ0n) is 11.1. The Hall–Kier alpha value is -1.81. The average Bonchev–Trinajstić information content (AvgIpc) is 2.39. The number of nitrogens with two attached hydrogens (primary N) is 1. The molecule has 1 heterocycles. The zero-order chi connectivity index (χ0) is 13.1. The molecule has 1 unspecified atom stereocenters. The van der Waals surface area contributed by atoms with Crippen molar-refractivity contribution in [1.82, 2.24) is 4.98 Å². The highest BCUT2D eigenvalue weighted by Gasteiger charge is 2.14. The number of nitrogen functional groups attached to an aromatic ring is 1. The Bertz CT molecular complexity index is 542. The number of rotatable bonds is 4. The van der Waals surface area contributed by atoms with Crippen LogP contribution in [0, 0.1) is 0 Å². The summed E-state index contributed by atoms with van der Waals surface area (Å²) in [7, 11) is 3.76. The van der Waals surface area contributed by atoms with Gasteiger partial charge in [-0.2, -0.15) is 0 Å². The molecule has 4 heteroatoms. The monoisotopic (exact) mass is 245 g/mol. The van der Waals surface area contributed by atoms with Crippen molar-refractivity contribution in [2.45, 2.75) is 13.0 Å². The van der Waals surface area contributed by atoms with Gasteiger partial charge < -0.3 is 15.4 Å². The van der Waals surface area contributed by atoms with E-state index in [0.717, 1.165) is 22.3 Å². The third-order valence-electron chi connectivity index (χ3n) is 3.23. The molecule has 0 aliphatic carbocycles. The van der Waals surface area contributed by atoms with Gasteiger partial charge in [0.25, 0.3) is 0 Å². The number of pyridine rings is 1. The Morgan fingerprint density at radius 2 is 2.17 bits per heavy atom. The molecular weight excluding hydrogens is 226 g/mol. The number of hydrogen-bond acceptors (Lipinski definition) is 4. The van der Waals surface area contributed by atoms with Crippen LogP contribution in [0.5, 0.6) is 0 Å². The van der Waals surface area contributed by atoms with Crippen LogP contribution in [0.2, 0.25) is 0 Å². The van der Waals surface area contributed by atoms with Gasteiger partial charge in [0.2, 0.25) is 0 Å². The van der Waals surface area contributed by atoms with Crippen LogP contribution in [0.25, 0.3) is 10.9 Å². The summed E-state index contributed by atoms with van der Waals surface area (Å²) < 4.78 is 5.20. The number of fused-ring (bicyclic) bond motifs is 1. The topological polar surface area (TPSA) is 51.4 Å². The first-order valence-corrected chi connectivity index (χ1v) is 6.00. The molecule has 0 saturated heterocycles. The van der Waals surface area contributed by atoms with Gasteiger partial charge in [0.15, 0.2) is 0 Å². The van der Waals surface area contributed by atoms with E-state index in [0.29, 0.717) is 6.61 Å². The smallest absolute Gasteiger partial charge is 0.0955 e. The lowest BCUT2D eigenvalue weighted by atomic mass is 10.1. The molecule has 0 aliphatic heterocycles. The first-order valence-electron chi connectivity index (χ1n) is 6.00. The van der Waals surface area contributed by atoms with Crippen LogP contribution in [-0.2, 0) is 4.74 Å². The second kappa shape index (κ2) is 5.23. The van der Waals surface area contributed by atoms with Gasteiger partial charge in [0.05, 0.1) is 17.8 Å². The second-order valence-corrected chi connectivity index (χ2v) is 4.49. The second-order valence-electron chi connectivity index (χ2n) is 4.49. The van der Waals surface area contributed by atoms with E-state index >= 15 is 0 Å². The molecule has 1 aromatic carbocycles. The summed E-state index contributed by atoms with van der Waals surface area (Å²) in [6.45, 7) is 2.80. The van der Waals surface area contributed by atoms with E-state index in [1.165, 1.54) is 0 Å². The summed E-state index contributed by atoms with van der Waals surface area (Å²) in [5.41, 5.74) is 8.74. The van der Waals surface area contributed by atoms with Crippen LogP contribution in [-0.4, -0.2) is 31.8 Å². The van der Waals surface area contributed by atoms with E-state index in [4.69, 9.17) is 10.5 Å². The summed E-state index contributed by atoms with van der Waals surface area (Å²) in [5.74, 6) is 0.